The molecule has 0 aliphatic heterocycles. The van der Waals surface area contributed by atoms with Crippen molar-refractivity contribution < 1.29 is 0 Å². The smallest absolute Gasteiger partial charge is 0.0284 e. The Hall–Kier alpha value is -2.15. The zero-order valence-corrected chi connectivity index (χ0v) is 16.5. The maximum absolute atomic E-state index is 4.20. The number of nitrogens with zero attached hydrogens (tertiary/aromatic N) is 1. The molecule has 0 saturated heterocycles. The van der Waals surface area contributed by atoms with Crippen molar-refractivity contribution in [3.8, 4) is 0 Å². The lowest BCUT2D eigenvalue weighted by molar-refractivity contribution is 0.647. The molecule has 0 N–H and O–H groups in total. The molecule has 1 nitrogen and oxygen atoms in total. The average Bonchev–Trinajstić information content (AvgIpc) is 2.60. The number of hydrogen-bond donors (Lipinski definition) is 0. The molecular formula is C24H33N. The summed E-state index contributed by atoms with van der Waals surface area (Å²) in [6.07, 6.45) is 7.50. The Bertz CT molecular complexity index is 634. The zero-order chi connectivity index (χ0) is 18.5. The van der Waals surface area contributed by atoms with E-state index in [0.29, 0.717) is 5.92 Å². The van der Waals surface area contributed by atoms with Crippen molar-refractivity contribution in [2.24, 2.45) is 10.9 Å². The van der Waals surface area contributed by atoms with Crippen molar-refractivity contribution in [2.45, 2.75) is 47.0 Å². The minimum atomic E-state index is 0.691. The molecule has 0 atom stereocenters. The van der Waals surface area contributed by atoms with Gasteiger partial charge in [0.2, 0.25) is 0 Å². The summed E-state index contributed by atoms with van der Waals surface area (Å²) in [5.74, 6) is 0.691. The highest BCUT2D eigenvalue weighted by Crippen LogP contribution is 2.17. The fraction of sp³-hybridized carbons (Fsp3) is 0.375. The van der Waals surface area contributed by atoms with E-state index < -0.39 is 0 Å². The van der Waals surface area contributed by atoms with Crippen LogP contribution >= 0.6 is 0 Å². The van der Waals surface area contributed by atoms with Gasteiger partial charge in [-0.05, 0) is 41.0 Å². The van der Waals surface area contributed by atoms with Crippen molar-refractivity contribution >= 4 is 11.8 Å². The lowest BCUT2D eigenvalue weighted by Gasteiger charge is -2.07. The minimum absolute atomic E-state index is 0.691. The predicted octanol–water partition coefficient (Wildman–Crippen LogP) is 6.63. The number of rotatable bonds is 6. The van der Waals surface area contributed by atoms with Crippen LogP contribution in [0.3, 0.4) is 0 Å². The van der Waals surface area contributed by atoms with Gasteiger partial charge in [-0.2, -0.15) is 0 Å². The summed E-state index contributed by atoms with van der Waals surface area (Å²) in [6, 6.07) is 19.4. The van der Waals surface area contributed by atoms with E-state index in [4.69, 9.17) is 0 Å². The van der Waals surface area contributed by atoms with Gasteiger partial charge >= 0.3 is 0 Å². The Kier molecular flexibility index (Phi) is 10.2. The lowest BCUT2D eigenvalue weighted by Crippen LogP contribution is -1.95. The standard InChI is InChI=1S/C21H25N.C3H8/c1-17(2)15-19-10-12-20(13-11-19)21(16-22-3)14-9-18-7-5-4-6-8-18;1-3-2/h4-8,10-14,16-17H,9,15H2,1-3H3;3H2,1-2H3/b21-14+,22-16?;. The molecular weight excluding hydrogens is 302 g/mol. The molecule has 0 radical (unpaired) electrons. The van der Waals surface area contributed by atoms with Crippen LogP contribution < -0.4 is 0 Å². The molecule has 1 heteroatoms. The second kappa shape index (κ2) is 12.2. The van der Waals surface area contributed by atoms with Crippen LogP contribution in [0.15, 0.2) is 65.7 Å². The summed E-state index contributed by atoms with van der Waals surface area (Å²) < 4.78 is 0. The van der Waals surface area contributed by atoms with Crippen LogP contribution in [0, 0.1) is 5.92 Å². The second-order valence-electron chi connectivity index (χ2n) is 6.74. The zero-order valence-electron chi connectivity index (χ0n) is 16.5. The van der Waals surface area contributed by atoms with Gasteiger partial charge in [0.1, 0.15) is 0 Å². The maximum Gasteiger partial charge on any atom is 0.0284 e. The molecule has 134 valence electrons. The van der Waals surface area contributed by atoms with Gasteiger partial charge in [-0.3, -0.25) is 4.99 Å². The normalized spacial score (nSPS) is 11.5. The molecule has 2 aromatic carbocycles. The van der Waals surface area contributed by atoms with E-state index in [1.807, 2.05) is 13.3 Å². The van der Waals surface area contributed by atoms with Crippen molar-refractivity contribution in [1.29, 1.82) is 0 Å². The predicted molar refractivity (Wildman–Crippen MR) is 113 cm³/mol. The van der Waals surface area contributed by atoms with E-state index in [1.165, 1.54) is 28.7 Å². The summed E-state index contributed by atoms with van der Waals surface area (Å²) in [7, 11) is 1.82. The van der Waals surface area contributed by atoms with Crippen molar-refractivity contribution in [2.75, 3.05) is 7.05 Å². The highest BCUT2D eigenvalue weighted by molar-refractivity contribution is 6.09. The van der Waals surface area contributed by atoms with E-state index >= 15 is 0 Å². The molecule has 2 aromatic rings. The van der Waals surface area contributed by atoms with E-state index in [0.717, 1.165) is 12.8 Å². The third-order valence-electron chi connectivity index (χ3n) is 3.60. The van der Waals surface area contributed by atoms with E-state index in [-0.39, 0.29) is 0 Å². The number of benzene rings is 2. The van der Waals surface area contributed by atoms with E-state index in [9.17, 15) is 0 Å². The Balaban J connectivity index is 0.000000970. The lowest BCUT2D eigenvalue weighted by atomic mass is 9.98. The van der Waals surface area contributed by atoms with Crippen LogP contribution in [0.4, 0.5) is 0 Å². The van der Waals surface area contributed by atoms with Gasteiger partial charge in [-0.1, -0.05) is 94.8 Å². The summed E-state index contributed by atoms with van der Waals surface area (Å²) in [5, 5.41) is 0. The minimum Gasteiger partial charge on any atom is -0.296 e. The number of hydrogen-bond acceptors (Lipinski definition) is 1. The maximum atomic E-state index is 4.20. The molecule has 0 amide bonds. The molecule has 2 rings (SSSR count). The highest BCUT2D eigenvalue weighted by atomic mass is 14.6. The van der Waals surface area contributed by atoms with Crippen LogP contribution in [0.25, 0.3) is 5.57 Å². The molecule has 0 saturated carbocycles. The van der Waals surface area contributed by atoms with Crippen molar-refractivity contribution in [1.82, 2.24) is 0 Å². The molecule has 0 unspecified atom stereocenters. The number of allylic oxidation sites excluding steroid dienone is 2. The largest absolute Gasteiger partial charge is 0.296 e. The number of aliphatic imine (C=N–C) groups is 1. The van der Waals surface area contributed by atoms with Crippen molar-refractivity contribution in [3.05, 3.63) is 77.4 Å². The molecule has 0 aliphatic rings. The monoisotopic (exact) mass is 335 g/mol. The first-order valence-electron chi connectivity index (χ1n) is 9.36. The molecule has 0 aliphatic carbocycles. The molecule has 25 heavy (non-hydrogen) atoms. The van der Waals surface area contributed by atoms with Crippen LogP contribution in [-0.2, 0) is 12.8 Å². The van der Waals surface area contributed by atoms with Crippen LogP contribution in [0.5, 0.6) is 0 Å². The summed E-state index contributed by atoms with van der Waals surface area (Å²) in [5.41, 5.74) is 5.13. The van der Waals surface area contributed by atoms with E-state index in [2.05, 4.69) is 93.4 Å². The van der Waals surface area contributed by atoms with Gasteiger partial charge in [-0.25, -0.2) is 0 Å². The highest BCUT2D eigenvalue weighted by Gasteiger charge is 2.01. The first-order chi connectivity index (χ1) is 12.1. The SMILES string of the molecule is CCC.CN=C/C(=C\Cc1ccccc1)c1ccc(CC(C)C)cc1. The first kappa shape index (κ1) is 20.9. The second-order valence-corrected chi connectivity index (χ2v) is 6.74. The van der Waals surface area contributed by atoms with Gasteiger partial charge in [-0.15, -0.1) is 0 Å². The third kappa shape index (κ3) is 8.49. The van der Waals surface area contributed by atoms with Gasteiger partial charge < -0.3 is 0 Å². The van der Waals surface area contributed by atoms with E-state index in [1.54, 1.807) is 0 Å². The van der Waals surface area contributed by atoms with Gasteiger partial charge in [0.15, 0.2) is 0 Å². The van der Waals surface area contributed by atoms with Crippen LogP contribution in [-0.4, -0.2) is 13.3 Å². The first-order valence-corrected chi connectivity index (χ1v) is 9.36. The Morgan fingerprint density at radius 3 is 2.04 bits per heavy atom. The van der Waals surface area contributed by atoms with Crippen LogP contribution in [0.2, 0.25) is 0 Å². The Labute approximate surface area is 154 Å². The summed E-state index contributed by atoms with van der Waals surface area (Å²) in [6.45, 7) is 8.76. The Morgan fingerprint density at radius 2 is 1.52 bits per heavy atom. The molecule has 0 bridgehead atoms. The van der Waals surface area contributed by atoms with Crippen molar-refractivity contribution in [3.63, 3.8) is 0 Å². The topological polar surface area (TPSA) is 12.4 Å². The van der Waals surface area contributed by atoms with Crippen LogP contribution in [0.1, 0.15) is 50.8 Å². The Morgan fingerprint density at radius 1 is 0.920 bits per heavy atom. The van der Waals surface area contributed by atoms with Gasteiger partial charge in [0.25, 0.3) is 0 Å². The van der Waals surface area contributed by atoms with Gasteiger partial charge in [0, 0.05) is 13.3 Å². The molecule has 0 aromatic heterocycles. The average molecular weight is 336 g/mol. The molecule has 0 fully saturated rings. The fourth-order valence-corrected chi connectivity index (χ4v) is 2.53. The third-order valence-corrected chi connectivity index (χ3v) is 3.60. The summed E-state index contributed by atoms with van der Waals surface area (Å²) in [4.78, 5) is 4.20. The quantitative estimate of drug-likeness (QED) is 0.525. The fourth-order valence-electron chi connectivity index (χ4n) is 2.53. The molecule has 0 heterocycles. The van der Waals surface area contributed by atoms with Gasteiger partial charge in [0.05, 0.1) is 0 Å². The molecule has 0 spiro atoms. The summed E-state index contributed by atoms with van der Waals surface area (Å²) >= 11 is 0.